The van der Waals surface area contributed by atoms with Crippen molar-refractivity contribution in [1.29, 1.82) is 0 Å². The molecule has 0 aromatic carbocycles. The third kappa shape index (κ3) is 3.30. The van der Waals surface area contributed by atoms with Crippen LogP contribution in [0, 0.1) is 11.8 Å². The summed E-state index contributed by atoms with van der Waals surface area (Å²) < 4.78 is 0. The molecule has 9 nitrogen and oxygen atoms in total. The molecule has 9 heteroatoms. The normalized spacial score (nSPS) is 28.6. The number of carbonyl (C=O) groups excluding carboxylic acids is 2. The van der Waals surface area contributed by atoms with Gasteiger partial charge < -0.3 is 20.9 Å². The van der Waals surface area contributed by atoms with Crippen LogP contribution >= 0.6 is 0 Å². The highest BCUT2D eigenvalue weighted by atomic mass is 16.2. The number of nitrogen functional groups attached to an aromatic ring is 1. The maximum absolute atomic E-state index is 12.6. The van der Waals surface area contributed by atoms with E-state index in [9.17, 15) is 9.59 Å². The number of nitrogens with zero attached hydrogens (tertiary/aromatic N) is 5. The van der Waals surface area contributed by atoms with Crippen molar-refractivity contribution in [3.63, 3.8) is 0 Å². The third-order valence-electron chi connectivity index (χ3n) is 5.84. The van der Waals surface area contributed by atoms with Gasteiger partial charge in [0.1, 0.15) is 6.33 Å². The lowest BCUT2D eigenvalue weighted by atomic mass is 9.97. The zero-order valence-electron chi connectivity index (χ0n) is 14.8. The highest BCUT2D eigenvalue weighted by Gasteiger charge is 2.39. The zero-order valence-corrected chi connectivity index (χ0v) is 14.8. The summed E-state index contributed by atoms with van der Waals surface area (Å²) in [4.78, 5) is 40.8. The summed E-state index contributed by atoms with van der Waals surface area (Å²) in [6.07, 6.45) is 5.68. The molecular formula is C17H25N7O2. The monoisotopic (exact) mass is 359 g/mol. The second-order valence-electron chi connectivity index (χ2n) is 7.42. The molecule has 0 aliphatic carbocycles. The quantitative estimate of drug-likeness (QED) is 0.764. The van der Waals surface area contributed by atoms with Crippen LogP contribution in [-0.4, -0.2) is 63.9 Å². The Morgan fingerprint density at radius 1 is 1.27 bits per heavy atom. The van der Waals surface area contributed by atoms with Gasteiger partial charge in [-0.05, 0) is 31.6 Å². The molecule has 4 heterocycles. The van der Waals surface area contributed by atoms with Gasteiger partial charge in [0.25, 0.3) is 0 Å². The number of hydrogen-bond acceptors (Lipinski definition) is 7. The van der Waals surface area contributed by atoms with E-state index in [1.165, 1.54) is 6.33 Å². The molecule has 0 spiro atoms. The number of nitrogens with one attached hydrogen (secondary N) is 1. The van der Waals surface area contributed by atoms with E-state index >= 15 is 0 Å². The van der Waals surface area contributed by atoms with Crippen molar-refractivity contribution >= 4 is 23.7 Å². The number of carbonyl (C=O) groups is 2. The number of amides is 2. The maximum atomic E-state index is 12.6. The lowest BCUT2D eigenvalue weighted by molar-refractivity contribution is -0.134. The van der Waals surface area contributed by atoms with Gasteiger partial charge in [-0.15, -0.1) is 0 Å². The van der Waals surface area contributed by atoms with Crippen LogP contribution < -0.4 is 16.0 Å². The van der Waals surface area contributed by atoms with Crippen LogP contribution in [0.15, 0.2) is 6.33 Å². The summed E-state index contributed by atoms with van der Waals surface area (Å²) in [6.45, 7) is 3.10. The van der Waals surface area contributed by atoms with E-state index in [2.05, 4.69) is 25.2 Å². The van der Waals surface area contributed by atoms with Gasteiger partial charge in [0.2, 0.25) is 23.7 Å². The molecule has 1 aromatic heterocycles. The van der Waals surface area contributed by atoms with Crippen LogP contribution in [0.3, 0.4) is 0 Å². The van der Waals surface area contributed by atoms with Crippen LogP contribution in [0.1, 0.15) is 32.1 Å². The molecule has 3 saturated heterocycles. The van der Waals surface area contributed by atoms with Crippen molar-refractivity contribution in [1.82, 2.24) is 25.2 Å². The lowest BCUT2D eigenvalue weighted by Gasteiger charge is -2.29. The van der Waals surface area contributed by atoms with E-state index in [4.69, 9.17) is 5.73 Å². The van der Waals surface area contributed by atoms with Crippen LogP contribution in [0.25, 0.3) is 0 Å². The predicted octanol–water partition coefficient (Wildman–Crippen LogP) is -0.203. The number of nitrogens with two attached hydrogens (primary N) is 1. The summed E-state index contributed by atoms with van der Waals surface area (Å²) in [6, 6.07) is 0.323. The Morgan fingerprint density at radius 3 is 2.92 bits per heavy atom. The zero-order chi connectivity index (χ0) is 18.1. The SMILES string of the molecule is Nc1ncnc(N2CCCC2C2CCN(C(=O)CC3CCNC3=O)C2)n1. The molecule has 140 valence electrons. The molecule has 3 aliphatic rings. The molecular weight excluding hydrogens is 334 g/mol. The van der Waals surface area contributed by atoms with E-state index in [0.29, 0.717) is 30.9 Å². The third-order valence-corrected chi connectivity index (χ3v) is 5.84. The highest BCUT2D eigenvalue weighted by Crippen LogP contribution is 2.33. The first kappa shape index (κ1) is 17.0. The molecule has 3 fully saturated rings. The molecule has 0 bridgehead atoms. The Morgan fingerprint density at radius 2 is 2.15 bits per heavy atom. The second-order valence-corrected chi connectivity index (χ2v) is 7.42. The van der Waals surface area contributed by atoms with E-state index in [-0.39, 0.29) is 23.7 Å². The summed E-state index contributed by atoms with van der Waals surface area (Å²) in [5.74, 6) is 1.23. The van der Waals surface area contributed by atoms with Gasteiger partial charge in [0, 0.05) is 44.6 Å². The van der Waals surface area contributed by atoms with Gasteiger partial charge in [0.05, 0.1) is 0 Å². The first-order valence-corrected chi connectivity index (χ1v) is 9.38. The van der Waals surface area contributed by atoms with Crippen molar-refractivity contribution in [3.05, 3.63) is 6.33 Å². The predicted molar refractivity (Wildman–Crippen MR) is 95.0 cm³/mol. The Balaban J connectivity index is 1.38. The number of rotatable bonds is 4. The fraction of sp³-hybridized carbons (Fsp3) is 0.706. The minimum Gasteiger partial charge on any atom is -0.368 e. The van der Waals surface area contributed by atoms with Crippen LogP contribution in [-0.2, 0) is 9.59 Å². The van der Waals surface area contributed by atoms with Crippen LogP contribution in [0.5, 0.6) is 0 Å². The van der Waals surface area contributed by atoms with Crippen molar-refractivity contribution in [2.24, 2.45) is 11.8 Å². The molecule has 26 heavy (non-hydrogen) atoms. The first-order valence-electron chi connectivity index (χ1n) is 9.38. The van der Waals surface area contributed by atoms with E-state index in [0.717, 1.165) is 45.3 Å². The smallest absolute Gasteiger partial charge is 0.230 e. The van der Waals surface area contributed by atoms with Gasteiger partial charge >= 0.3 is 0 Å². The summed E-state index contributed by atoms with van der Waals surface area (Å²) in [5.41, 5.74) is 5.70. The average molecular weight is 359 g/mol. The number of likely N-dealkylation sites (tertiary alicyclic amines) is 1. The van der Waals surface area contributed by atoms with Crippen molar-refractivity contribution < 1.29 is 9.59 Å². The molecule has 3 N–H and O–H groups in total. The Kier molecular flexibility index (Phi) is 4.60. The topological polar surface area (TPSA) is 117 Å². The Bertz CT molecular complexity index is 697. The standard InChI is InChI=1S/C17H25N7O2/c18-16-20-10-21-17(22-16)24-6-1-2-13(24)12-4-7-23(9-12)14(25)8-11-3-5-19-15(11)26/h10-13H,1-9H2,(H,19,26)(H2,18,20,21,22). The second kappa shape index (κ2) is 7.05. The molecule has 0 saturated carbocycles. The lowest BCUT2D eigenvalue weighted by Crippen LogP contribution is -2.39. The van der Waals surface area contributed by atoms with E-state index in [1.54, 1.807) is 0 Å². The number of anilines is 2. The molecule has 3 aliphatic heterocycles. The van der Waals surface area contributed by atoms with Gasteiger partial charge in [-0.3, -0.25) is 9.59 Å². The van der Waals surface area contributed by atoms with Gasteiger partial charge in [-0.2, -0.15) is 4.98 Å². The molecule has 2 amide bonds. The molecule has 3 unspecified atom stereocenters. The van der Waals surface area contributed by atoms with Crippen LogP contribution in [0.4, 0.5) is 11.9 Å². The van der Waals surface area contributed by atoms with Gasteiger partial charge in [0.15, 0.2) is 0 Å². The summed E-state index contributed by atoms with van der Waals surface area (Å²) in [7, 11) is 0. The molecule has 0 radical (unpaired) electrons. The largest absolute Gasteiger partial charge is 0.368 e. The van der Waals surface area contributed by atoms with Gasteiger partial charge in [-0.1, -0.05) is 0 Å². The fourth-order valence-corrected chi connectivity index (χ4v) is 4.48. The van der Waals surface area contributed by atoms with Crippen molar-refractivity contribution in [3.8, 4) is 0 Å². The average Bonchev–Trinajstić information content (AvgIpc) is 3.35. The van der Waals surface area contributed by atoms with Gasteiger partial charge in [-0.25, -0.2) is 9.97 Å². The number of aromatic nitrogens is 3. The minimum atomic E-state index is -0.155. The van der Waals surface area contributed by atoms with Crippen LogP contribution in [0.2, 0.25) is 0 Å². The number of hydrogen-bond donors (Lipinski definition) is 2. The molecule has 3 atom stereocenters. The van der Waals surface area contributed by atoms with Crippen molar-refractivity contribution in [2.45, 2.75) is 38.1 Å². The fourth-order valence-electron chi connectivity index (χ4n) is 4.48. The highest BCUT2D eigenvalue weighted by molar-refractivity contribution is 5.87. The van der Waals surface area contributed by atoms with E-state index in [1.807, 2.05) is 4.90 Å². The van der Waals surface area contributed by atoms with E-state index < -0.39 is 0 Å². The Hall–Kier alpha value is -2.45. The molecule has 1 aromatic rings. The summed E-state index contributed by atoms with van der Waals surface area (Å²) in [5, 5.41) is 2.80. The first-order chi connectivity index (χ1) is 12.6. The summed E-state index contributed by atoms with van der Waals surface area (Å²) >= 11 is 0. The van der Waals surface area contributed by atoms with Crippen molar-refractivity contribution in [2.75, 3.05) is 36.8 Å². The minimum absolute atomic E-state index is 0.0171. The Labute approximate surface area is 152 Å². The molecule has 4 rings (SSSR count). The maximum Gasteiger partial charge on any atom is 0.230 e.